The van der Waals surface area contributed by atoms with E-state index in [0.717, 1.165) is 28.1 Å². The number of halogens is 1. The van der Waals surface area contributed by atoms with E-state index in [4.69, 9.17) is 44.4 Å². The molecule has 0 bridgehead atoms. The zero-order valence-corrected chi connectivity index (χ0v) is 26.5. The molecule has 2 heterocycles. The molecule has 10 nitrogen and oxygen atoms in total. The largest absolute Gasteiger partial charge is 0.496 e. The van der Waals surface area contributed by atoms with Gasteiger partial charge in [0.15, 0.2) is 17.3 Å². The maximum absolute atomic E-state index is 14.0. The minimum atomic E-state index is -0.380. The summed E-state index contributed by atoms with van der Waals surface area (Å²) in [6.45, 7) is 0.271. The van der Waals surface area contributed by atoms with Crippen molar-refractivity contribution in [2.75, 3.05) is 47.9 Å². The predicted molar refractivity (Wildman–Crippen MR) is 171 cm³/mol. The highest BCUT2D eigenvalue weighted by molar-refractivity contribution is 7.99. The molecule has 2 aromatic heterocycles. The SMILES string of the molecule is COc1cc(OC)c2c(=O)c(OCCCCSc3ncnc4cc(Cl)ccc34)c(-c3cc(OC)c(OC)c(OC)c3)oc2c1. The molecule has 0 atom stereocenters. The first kappa shape index (κ1) is 31.1. The molecule has 5 aromatic rings. The Morgan fingerprint density at radius 3 is 2.25 bits per heavy atom. The van der Waals surface area contributed by atoms with Crippen LogP contribution < -0.4 is 33.8 Å². The number of aromatic nitrogens is 2. The number of rotatable bonds is 13. The summed E-state index contributed by atoms with van der Waals surface area (Å²) in [6.07, 6.45) is 3.02. The Balaban J connectivity index is 1.43. The summed E-state index contributed by atoms with van der Waals surface area (Å²) in [5, 5.41) is 2.71. The standard InChI is InChI=1S/C32H31ClN2O8S/c1-37-20-15-23(38-2)27-24(16-20)43-29(18-12-25(39-3)30(41-5)26(13-18)40-4)31(28(27)36)42-10-6-7-11-44-32-21-9-8-19(33)14-22(21)34-17-35-32/h8-9,12-17H,6-7,10-11H2,1-5H3. The summed E-state index contributed by atoms with van der Waals surface area (Å²) in [6, 6.07) is 12.2. The molecule has 230 valence electrons. The van der Waals surface area contributed by atoms with Gasteiger partial charge in [-0.3, -0.25) is 4.79 Å². The number of unbranched alkanes of at least 4 members (excludes halogenated alkanes) is 1. The van der Waals surface area contributed by atoms with Crippen LogP contribution in [0.1, 0.15) is 12.8 Å². The van der Waals surface area contributed by atoms with E-state index in [-0.39, 0.29) is 34.5 Å². The van der Waals surface area contributed by atoms with E-state index in [1.807, 2.05) is 18.2 Å². The van der Waals surface area contributed by atoms with E-state index in [0.29, 0.717) is 45.8 Å². The summed E-state index contributed by atoms with van der Waals surface area (Å²) in [5.74, 6) is 3.02. The van der Waals surface area contributed by atoms with Crippen molar-refractivity contribution in [3.63, 3.8) is 0 Å². The molecule has 0 fully saturated rings. The lowest BCUT2D eigenvalue weighted by Gasteiger charge is -2.17. The molecule has 0 spiro atoms. The Morgan fingerprint density at radius 2 is 1.57 bits per heavy atom. The average molecular weight is 639 g/mol. The smallest absolute Gasteiger partial charge is 0.239 e. The van der Waals surface area contributed by atoms with Crippen LogP contribution in [-0.4, -0.2) is 57.9 Å². The van der Waals surface area contributed by atoms with Crippen molar-refractivity contribution in [2.24, 2.45) is 0 Å². The number of ether oxygens (including phenoxy) is 6. The molecular weight excluding hydrogens is 608 g/mol. The normalized spacial score (nSPS) is 11.0. The van der Waals surface area contributed by atoms with Crippen molar-refractivity contribution in [1.29, 1.82) is 0 Å². The third kappa shape index (κ3) is 6.29. The lowest BCUT2D eigenvalue weighted by molar-refractivity contribution is 0.301. The van der Waals surface area contributed by atoms with E-state index in [9.17, 15) is 4.79 Å². The van der Waals surface area contributed by atoms with Crippen LogP contribution in [-0.2, 0) is 0 Å². The van der Waals surface area contributed by atoms with Crippen molar-refractivity contribution in [1.82, 2.24) is 9.97 Å². The second-order valence-corrected chi connectivity index (χ2v) is 11.0. The molecule has 44 heavy (non-hydrogen) atoms. The van der Waals surface area contributed by atoms with Gasteiger partial charge in [0.1, 0.15) is 33.8 Å². The van der Waals surface area contributed by atoms with Gasteiger partial charge >= 0.3 is 0 Å². The third-order valence-electron chi connectivity index (χ3n) is 6.86. The molecule has 0 unspecified atom stereocenters. The second-order valence-electron chi connectivity index (χ2n) is 9.45. The number of hydrogen-bond donors (Lipinski definition) is 0. The van der Waals surface area contributed by atoms with Crippen LogP contribution in [0.2, 0.25) is 5.02 Å². The highest BCUT2D eigenvalue weighted by Crippen LogP contribution is 2.44. The molecule has 0 aliphatic heterocycles. The van der Waals surface area contributed by atoms with Gasteiger partial charge in [-0.15, -0.1) is 11.8 Å². The Labute approximate surface area is 263 Å². The van der Waals surface area contributed by atoms with E-state index in [1.165, 1.54) is 41.9 Å². The van der Waals surface area contributed by atoms with Gasteiger partial charge in [-0.1, -0.05) is 11.6 Å². The molecule has 0 radical (unpaired) electrons. The van der Waals surface area contributed by atoms with Crippen LogP contribution >= 0.6 is 23.4 Å². The minimum Gasteiger partial charge on any atom is -0.496 e. The quantitative estimate of drug-likeness (QED) is 0.0751. The molecular formula is C32H31ClN2O8S. The first-order chi connectivity index (χ1) is 21.4. The highest BCUT2D eigenvalue weighted by Gasteiger charge is 2.24. The fraction of sp³-hybridized carbons (Fsp3) is 0.281. The number of hydrogen-bond acceptors (Lipinski definition) is 11. The first-order valence-electron chi connectivity index (χ1n) is 13.6. The Hall–Kier alpha value is -4.35. The zero-order chi connectivity index (χ0) is 31.2. The molecule has 3 aromatic carbocycles. The van der Waals surface area contributed by atoms with Gasteiger partial charge < -0.3 is 32.8 Å². The Bertz CT molecular complexity index is 1840. The Kier molecular flexibility index (Phi) is 9.86. The fourth-order valence-electron chi connectivity index (χ4n) is 4.72. The lowest BCUT2D eigenvalue weighted by atomic mass is 10.1. The van der Waals surface area contributed by atoms with Crippen LogP contribution in [0.4, 0.5) is 0 Å². The summed E-state index contributed by atoms with van der Waals surface area (Å²) in [5.41, 5.74) is 1.20. The van der Waals surface area contributed by atoms with E-state index < -0.39 is 0 Å². The van der Waals surface area contributed by atoms with E-state index in [2.05, 4.69) is 9.97 Å². The van der Waals surface area contributed by atoms with Crippen LogP contribution in [0, 0.1) is 0 Å². The summed E-state index contributed by atoms with van der Waals surface area (Å²) in [7, 11) is 7.56. The van der Waals surface area contributed by atoms with Gasteiger partial charge in [0.25, 0.3) is 0 Å². The molecule has 0 amide bonds. The van der Waals surface area contributed by atoms with Gasteiger partial charge in [0.2, 0.25) is 16.9 Å². The van der Waals surface area contributed by atoms with E-state index >= 15 is 0 Å². The number of fused-ring (bicyclic) bond motifs is 2. The van der Waals surface area contributed by atoms with Gasteiger partial charge in [-0.2, -0.15) is 0 Å². The molecule has 0 saturated carbocycles. The van der Waals surface area contributed by atoms with Crippen LogP contribution in [0.15, 0.2) is 63.0 Å². The lowest BCUT2D eigenvalue weighted by Crippen LogP contribution is -2.12. The zero-order valence-electron chi connectivity index (χ0n) is 24.9. The number of methoxy groups -OCH3 is 5. The maximum Gasteiger partial charge on any atom is 0.239 e. The minimum absolute atomic E-state index is 0.0431. The summed E-state index contributed by atoms with van der Waals surface area (Å²) < 4.78 is 40.0. The van der Waals surface area contributed by atoms with Crippen molar-refractivity contribution in [3.8, 4) is 45.8 Å². The highest BCUT2D eigenvalue weighted by atomic mass is 35.5. The van der Waals surface area contributed by atoms with Crippen molar-refractivity contribution in [2.45, 2.75) is 17.9 Å². The van der Waals surface area contributed by atoms with Gasteiger partial charge in [-0.25, -0.2) is 9.97 Å². The molecule has 0 aliphatic rings. The topological polar surface area (TPSA) is 111 Å². The molecule has 0 N–H and O–H groups in total. The first-order valence-corrected chi connectivity index (χ1v) is 15.0. The number of nitrogens with zero attached hydrogens (tertiary/aromatic N) is 2. The van der Waals surface area contributed by atoms with Gasteiger partial charge in [-0.05, 0) is 48.9 Å². The predicted octanol–water partition coefficient (Wildman–Crippen LogP) is 7.05. The van der Waals surface area contributed by atoms with Crippen molar-refractivity contribution >= 4 is 45.2 Å². The molecule has 0 saturated heterocycles. The summed E-state index contributed by atoms with van der Waals surface area (Å²) >= 11 is 7.74. The van der Waals surface area contributed by atoms with Crippen LogP contribution in [0.3, 0.4) is 0 Å². The van der Waals surface area contributed by atoms with Crippen LogP contribution in [0.25, 0.3) is 33.2 Å². The van der Waals surface area contributed by atoms with Gasteiger partial charge in [0.05, 0.1) is 47.7 Å². The van der Waals surface area contributed by atoms with E-state index in [1.54, 1.807) is 36.0 Å². The van der Waals surface area contributed by atoms with Crippen molar-refractivity contribution < 1.29 is 32.8 Å². The molecule has 12 heteroatoms. The van der Waals surface area contributed by atoms with Crippen LogP contribution in [0.5, 0.6) is 34.5 Å². The monoisotopic (exact) mass is 638 g/mol. The third-order valence-corrected chi connectivity index (χ3v) is 8.19. The maximum atomic E-state index is 14.0. The van der Waals surface area contributed by atoms with Gasteiger partial charge in [0, 0.05) is 28.1 Å². The Morgan fingerprint density at radius 1 is 0.818 bits per heavy atom. The number of thioether (sulfide) groups is 1. The fourth-order valence-corrected chi connectivity index (χ4v) is 5.88. The summed E-state index contributed by atoms with van der Waals surface area (Å²) in [4.78, 5) is 22.7. The van der Waals surface area contributed by atoms with Crippen molar-refractivity contribution in [3.05, 3.63) is 64.0 Å². The number of benzene rings is 3. The average Bonchev–Trinajstić information content (AvgIpc) is 3.05. The second kappa shape index (κ2) is 14.0. The molecule has 0 aliphatic carbocycles. The molecule has 5 rings (SSSR count).